The number of benzene rings is 3. The second kappa shape index (κ2) is 8.69. The SMILES string of the molecule is O=C(Nc1cccc(C(F)(F)F)c1)C(NCc1ccc2c(c1)OCO2)c1ccccc1. The van der Waals surface area contributed by atoms with Gasteiger partial charge in [-0.05, 0) is 41.5 Å². The first-order valence-electron chi connectivity index (χ1n) is 9.55. The van der Waals surface area contributed by atoms with E-state index < -0.39 is 23.7 Å². The van der Waals surface area contributed by atoms with Gasteiger partial charge < -0.3 is 14.8 Å². The van der Waals surface area contributed by atoms with E-state index in [0.717, 1.165) is 17.7 Å². The van der Waals surface area contributed by atoms with Gasteiger partial charge in [-0.2, -0.15) is 13.2 Å². The lowest BCUT2D eigenvalue weighted by molar-refractivity contribution is -0.137. The number of carbonyl (C=O) groups is 1. The lowest BCUT2D eigenvalue weighted by Crippen LogP contribution is -2.32. The Morgan fingerprint density at radius 2 is 1.71 bits per heavy atom. The summed E-state index contributed by atoms with van der Waals surface area (Å²) in [6.07, 6.45) is -4.49. The van der Waals surface area contributed by atoms with Crippen molar-refractivity contribution in [3.8, 4) is 11.5 Å². The van der Waals surface area contributed by atoms with Crippen LogP contribution in [0.5, 0.6) is 11.5 Å². The van der Waals surface area contributed by atoms with Gasteiger partial charge >= 0.3 is 6.18 Å². The number of anilines is 1. The van der Waals surface area contributed by atoms with Crippen molar-refractivity contribution in [2.75, 3.05) is 12.1 Å². The molecule has 0 radical (unpaired) electrons. The van der Waals surface area contributed by atoms with Crippen molar-refractivity contribution in [2.45, 2.75) is 18.8 Å². The number of alkyl halides is 3. The molecule has 1 unspecified atom stereocenters. The van der Waals surface area contributed by atoms with Crippen molar-refractivity contribution in [1.29, 1.82) is 0 Å². The molecule has 160 valence electrons. The standard InChI is InChI=1S/C23H19F3N2O3/c24-23(25,26)17-7-4-8-18(12-17)28-22(29)21(16-5-2-1-3-6-16)27-13-15-9-10-19-20(11-15)31-14-30-19/h1-12,21,27H,13-14H2,(H,28,29). The largest absolute Gasteiger partial charge is 0.454 e. The van der Waals surface area contributed by atoms with Gasteiger partial charge in [0.25, 0.3) is 0 Å². The Morgan fingerprint density at radius 3 is 2.48 bits per heavy atom. The minimum absolute atomic E-state index is 0.0747. The molecular formula is C23H19F3N2O3. The number of halogens is 3. The van der Waals surface area contributed by atoms with Gasteiger partial charge in [-0.25, -0.2) is 0 Å². The lowest BCUT2D eigenvalue weighted by atomic mass is 10.0. The van der Waals surface area contributed by atoms with E-state index in [1.807, 2.05) is 18.2 Å². The van der Waals surface area contributed by atoms with Crippen molar-refractivity contribution in [3.05, 3.63) is 89.5 Å². The Labute approximate surface area is 176 Å². The average molecular weight is 428 g/mol. The molecule has 0 bridgehead atoms. The Balaban J connectivity index is 1.52. The van der Waals surface area contributed by atoms with Crippen LogP contribution in [0.4, 0.5) is 18.9 Å². The molecule has 2 N–H and O–H groups in total. The molecule has 0 aromatic heterocycles. The number of fused-ring (bicyclic) bond motifs is 1. The first-order valence-corrected chi connectivity index (χ1v) is 9.55. The molecule has 1 heterocycles. The quantitative estimate of drug-likeness (QED) is 0.586. The summed E-state index contributed by atoms with van der Waals surface area (Å²) < 4.78 is 49.6. The third-order valence-electron chi connectivity index (χ3n) is 4.80. The molecule has 4 rings (SSSR count). The van der Waals surface area contributed by atoms with E-state index in [1.165, 1.54) is 12.1 Å². The minimum atomic E-state index is -4.49. The van der Waals surface area contributed by atoms with Crippen LogP contribution in [-0.2, 0) is 17.5 Å². The van der Waals surface area contributed by atoms with E-state index >= 15 is 0 Å². The van der Waals surface area contributed by atoms with E-state index in [0.29, 0.717) is 23.6 Å². The maximum absolute atomic E-state index is 13.0. The molecule has 1 amide bonds. The molecule has 1 aliphatic rings. The van der Waals surface area contributed by atoms with E-state index in [9.17, 15) is 18.0 Å². The summed E-state index contributed by atoms with van der Waals surface area (Å²) in [5.74, 6) is 0.820. The van der Waals surface area contributed by atoms with Crippen LogP contribution in [0.1, 0.15) is 22.7 Å². The van der Waals surface area contributed by atoms with E-state index in [-0.39, 0.29) is 12.5 Å². The predicted molar refractivity (Wildman–Crippen MR) is 109 cm³/mol. The molecule has 3 aromatic rings. The van der Waals surface area contributed by atoms with Crippen molar-refractivity contribution in [1.82, 2.24) is 5.32 Å². The molecule has 3 aromatic carbocycles. The summed E-state index contributed by atoms with van der Waals surface area (Å²) in [7, 11) is 0. The number of hydrogen-bond acceptors (Lipinski definition) is 4. The van der Waals surface area contributed by atoms with E-state index in [2.05, 4.69) is 10.6 Å². The van der Waals surface area contributed by atoms with Crippen LogP contribution < -0.4 is 20.1 Å². The number of ether oxygens (including phenoxy) is 2. The molecule has 0 saturated heterocycles. The highest BCUT2D eigenvalue weighted by molar-refractivity contribution is 5.95. The number of carbonyl (C=O) groups excluding carboxylic acids is 1. The van der Waals surface area contributed by atoms with Gasteiger partial charge in [-0.15, -0.1) is 0 Å². The van der Waals surface area contributed by atoms with Crippen molar-refractivity contribution >= 4 is 11.6 Å². The van der Waals surface area contributed by atoms with Gasteiger partial charge in [0, 0.05) is 12.2 Å². The van der Waals surface area contributed by atoms with Crippen LogP contribution in [0, 0.1) is 0 Å². The molecule has 0 fully saturated rings. The fourth-order valence-corrected chi connectivity index (χ4v) is 3.27. The first-order chi connectivity index (χ1) is 14.9. The summed E-state index contributed by atoms with van der Waals surface area (Å²) in [6.45, 7) is 0.504. The molecule has 31 heavy (non-hydrogen) atoms. The number of rotatable bonds is 6. The highest BCUT2D eigenvalue weighted by atomic mass is 19.4. The summed E-state index contributed by atoms with van der Waals surface area (Å²) in [5, 5.41) is 5.76. The second-order valence-electron chi connectivity index (χ2n) is 6.98. The van der Waals surface area contributed by atoms with Gasteiger partial charge in [-0.3, -0.25) is 10.1 Å². The van der Waals surface area contributed by atoms with Crippen LogP contribution in [0.25, 0.3) is 0 Å². The first kappa shape index (κ1) is 20.7. The van der Waals surface area contributed by atoms with Gasteiger partial charge in [0.15, 0.2) is 11.5 Å². The maximum atomic E-state index is 13.0. The zero-order valence-corrected chi connectivity index (χ0v) is 16.3. The topological polar surface area (TPSA) is 59.6 Å². The van der Waals surface area contributed by atoms with Crippen molar-refractivity contribution in [2.24, 2.45) is 0 Å². The van der Waals surface area contributed by atoms with Crippen LogP contribution in [-0.4, -0.2) is 12.7 Å². The Bertz CT molecular complexity index is 1070. The summed E-state index contributed by atoms with van der Waals surface area (Å²) in [5.41, 5.74) is 0.810. The molecule has 1 atom stereocenters. The second-order valence-corrected chi connectivity index (χ2v) is 6.98. The monoisotopic (exact) mass is 428 g/mol. The highest BCUT2D eigenvalue weighted by Crippen LogP contribution is 2.33. The Morgan fingerprint density at radius 1 is 0.935 bits per heavy atom. The van der Waals surface area contributed by atoms with Crippen LogP contribution in [0.3, 0.4) is 0 Å². The normalized spacial score (nSPS) is 13.6. The minimum Gasteiger partial charge on any atom is -0.454 e. The third kappa shape index (κ3) is 4.97. The fourth-order valence-electron chi connectivity index (χ4n) is 3.27. The molecule has 0 saturated carbocycles. The van der Waals surface area contributed by atoms with Crippen LogP contribution in [0.2, 0.25) is 0 Å². The smallest absolute Gasteiger partial charge is 0.416 e. The summed E-state index contributed by atoms with van der Waals surface area (Å²) in [6, 6.07) is 18.2. The molecule has 0 spiro atoms. The third-order valence-corrected chi connectivity index (χ3v) is 4.80. The average Bonchev–Trinajstić information content (AvgIpc) is 3.22. The van der Waals surface area contributed by atoms with E-state index in [4.69, 9.17) is 9.47 Å². The Hall–Kier alpha value is -3.52. The molecule has 8 heteroatoms. The lowest BCUT2D eigenvalue weighted by Gasteiger charge is -2.19. The number of amides is 1. The van der Waals surface area contributed by atoms with Crippen molar-refractivity contribution < 1.29 is 27.4 Å². The highest BCUT2D eigenvalue weighted by Gasteiger charge is 2.31. The fraction of sp³-hybridized carbons (Fsp3) is 0.174. The van der Waals surface area contributed by atoms with E-state index in [1.54, 1.807) is 30.3 Å². The zero-order chi connectivity index (χ0) is 21.8. The molecule has 1 aliphatic heterocycles. The van der Waals surface area contributed by atoms with Gasteiger partial charge in [0.2, 0.25) is 12.7 Å². The molecule has 5 nitrogen and oxygen atoms in total. The maximum Gasteiger partial charge on any atom is 0.416 e. The number of nitrogens with one attached hydrogen (secondary N) is 2. The van der Waals surface area contributed by atoms with Gasteiger partial charge in [-0.1, -0.05) is 42.5 Å². The molecule has 0 aliphatic carbocycles. The van der Waals surface area contributed by atoms with Crippen LogP contribution >= 0.6 is 0 Å². The predicted octanol–water partition coefficient (Wildman–Crippen LogP) is 4.90. The van der Waals surface area contributed by atoms with Gasteiger partial charge in [0.05, 0.1) is 5.56 Å². The summed E-state index contributed by atoms with van der Waals surface area (Å²) >= 11 is 0. The zero-order valence-electron chi connectivity index (χ0n) is 16.3. The van der Waals surface area contributed by atoms with Gasteiger partial charge in [0.1, 0.15) is 6.04 Å². The summed E-state index contributed by atoms with van der Waals surface area (Å²) in [4.78, 5) is 13.0. The molecular weight excluding hydrogens is 409 g/mol. The number of hydrogen-bond donors (Lipinski definition) is 2. The Kier molecular flexibility index (Phi) is 5.81. The van der Waals surface area contributed by atoms with Crippen molar-refractivity contribution in [3.63, 3.8) is 0 Å². The van der Waals surface area contributed by atoms with Crippen LogP contribution in [0.15, 0.2) is 72.8 Å².